The van der Waals surface area contributed by atoms with Crippen LogP contribution in [0.25, 0.3) is 0 Å². The van der Waals surface area contributed by atoms with Crippen LogP contribution in [0.15, 0.2) is 48.5 Å². The van der Waals surface area contributed by atoms with Crippen LogP contribution < -0.4 is 10.6 Å². The second kappa shape index (κ2) is 13.0. The third kappa shape index (κ3) is 7.62. The number of hydrogen-bond donors (Lipinski definition) is 2. The van der Waals surface area contributed by atoms with E-state index in [2.05, 4.69) is 35.8 Å². The first kappa shape index (κ1) is 24.7. The minimum atomic E-state index is -0.156. The van der Waals surface area contributed by atoms with Crippen molar-refractivity contribution in [2.75, 3.05) is 5.32 Å². The first-order chi connectivity index (χ1) is 12.7. The number of anilines is 1. The zero-order valence-corrected chi connectivity index (χ0v) is 18.3. The number of halogens is 3. The van der Waals surface area contributed by atoms with E-state index >= 15 is 0 Å². The largest absolute Gasteiger partial charge is 0.381 e. The molecule has 0 radical (unpaired) electrons. The molecule has 0 spiro atoms. The second-order valence-electron chi connectivity index (χ2n) is 7.62. The third-order valence-electron chi connectivity index (χ3n) is 5.50. The molecule has 156 valence electrons. The molecule has 0 aliphatic heterocycles. The molecule has 0 amide bonds. The summed E-state index contributed by atoms with van der Waals surface area (Å²) in [4.78, 5) is 0. The molecule has 1 aliphatic carbocycles. The van der Waals surface area contributed by atoms with Crippen LogP contribution in [0.1, 0.15) is 56.6 Å². The lowest BCUT2D eigenvalue weighted by atomic mass is 9.85. The van der Waals surface area contributed by atoms with Gasteiger partial charge in [-0.2, -0.15) is 0 Å². The summed E-state index contributed by atoms with van der Waals surface area (Å²) < 4.78 is 13.8. The van der Waals surface area contributed by atoms with Crippen molar-refractivity contribution in [2.24, 2.45) is 5.92 Å². The minimum absolute atomic E-state index is 0. The average Bonchev–Trinajstić information content (AvgIpc) is 2.67. The zero-order chi connectivity index (χ0) is 18.2. The molecule has 1 fully saturated rings. The number of hydrogen-bond acceptors (Lipinski definition) is 2. The Morgan fingerprint density at radius 1 is 0.893 bits per heavy atom. The maximum absolute atomic E-state index is 13.8. The fourth-order valence-electron chi connectivity index (χ4n) is 3.97. The molecule has 2 N–H and O–H groups in total. The SMILES string of the molecule is CC(CC1CCCCC1)NCc1ccccc1NCc1ccccc1F.Cl.Cl. The lowest BCUT2D eigenvalue weighted by Crippen LogP contribution is -2.28. The van der Waals surface area contributed by atoms with E-state index in [-0.39, 0.29) is 30.6 Å². The summed E-state index contributed by atoms with van der Waals surface area (Å²) in [6.07, 6.45) is 8.28. The summed E-state index contributed by atoms with van der Waals surface area (Å²) >= 11 is 0. The lowest BCUT2D eigenvalue weighted by Gasteiger charge is -2.25. The molecule has 1 atom stereocenters. The first-order valence-corrected chi connectivity index (χ1v) is 10.0. The number of rotatable bonds is 8. The molecule has 1 aliphatic rings. The fraction of sp³-hybridized carbons (Fsp3) is 0.478. The Morgan fingerprint density at radius 3 is 2.25 bits per heavy atom. The predicted molar refractivity (Wildman–Crippen MR) is 122 cm³/mol. The van der Waals surface area contributed by atoms with Crippen LogP contribution in [0.5, 0.6) is 0 Å². The molecule has 3 rings (SSSR count). The fourth-order valence-corrected chi connectivity index (χ4v) is 3.97. The van der Waals surface area contributed by atoms with Gasteiger partial charge >= 0.3 is 0 Å². The van der Waals surface area contributed by atoms with Gasteiger partial charge in [-0.05, 0) is 37.0 Å². The Kier molecular flexibility index (Phi) is 11.5. The van der Waals surface area contributed by atoms with Gasteiger partial charge in [0.1, 0.15) is 5.82 Å². The van der Waals surface area contributed by atoms with E-state index in [1.165, 1.54) is 50.2 Å². The van der Waals surface area contributed by atoms with Crippen molar-refractivity contribution in [1.82, 2.24) is 5.32 Å². The smallest absolute Gasteiger partial charge is 0.128 e. The maximum atomic E-state index is 13.8. The highest BCUT2D eigenvalue weighted by atomic mass is 35.5. The van der Waals surface area contributed by atoms with Gasteiger partial charge in [-0.15, -0.1) is 24.8 Å². The minimum Gasteiger partial charge on any atom is -0.381 e. The molecular weight excluding hydrogens is 394 g/mol. The van der Waals surface area contributed by atoms with Crippen LogP contribution in [0.3, 0.4) is 0 Å². The standard InChI is InChI=1S/C23H31FN2.2ClH/c1-18(15-19-9-3-2-4-10-19)25-17-21-12-6-8-14-23(21)26-16-20-11-5-7-13-22(20)24;;/h5-8,11-14,18-19,25-26H,2-4,9-10,15-17H2,1H3;2*1H. The average molecular weight is 427 g/mol. The van der Waals surface area contributed by atoms with Crippen LogP contribution in [0.4, 0.5) is 10.1 Å². The van der Waals surface area contributed by atoms with Crippen LogP contribution in [-0.2, 0) is 13.1 Å². The van der Waals surface area contributed by atoms with E-state index in [0.717, 1.165) is 18.2 Å². The van der Waals surface area contributed by atoms with Crippen molar-refractivity contribution in [3.63, 3.8) is 0 Å². The normalized spacial score (nSPS) is 15.2. The van der Waals surface area contributed by atoms with E-state index in [9.17, 15) is 4.39 Å². The van der Waals surface area contributed by atoms with E-state index in [4.69, 9.17) is 0 Å². The topological polar surface area (TPSA) is 24.1 Å². The van der Waals surface area contributed by atoms with Crippen molar-refractivity contribution in [2.45, 2.75) is 64.6 Å². The number of para-hydroxylation sites is 1. The Hall–Kier alpha value is -1.29. The van der Waals surface area contributed by atoms with Crippen molar-refractivity contribution < 1.29 is 4.39 Å². The molecule has 2 aromatic carbocycles. The molecule has 1 saturated carbocycles. The van der Waals surface area contributed by atoms with Crippen molar-refractivity contribution in [3.8, 4) is 0 Å². The summed E-state index contributed by atoms with van der Waals surface area (Å²) in [6.45, 7) is 3.64. The van der Waals surface area contributed by atoms with Crippen molar-refractivity contribution in [3.05, 3.63) is 65.5 Å². The number of nitrogens with one attached hydrogen (secondary N) is 2. The second-order valence-corrected chi connectivity index (χ2v) is 7.62. The van der Waals surface area contributed by atoms with E-state index < -0.39 is 0 Å². The number of benzene rings is 2. The molecule has 1 unspecified atom stereocenters. The van der Waals surface area contributed by atoms with Gasteiger partial charge in [0, 0.05) is 30.4 Å². The maximum Gasteiger partial charge on any atom is 0.128 e. The molecule has 0 aromatic heterocycles. The van der Waals surface area contributed by atoms with Gasteiger partial charge < -0.3 is 10.6 Å². The molecule has 0 bridgehead atoms. The van der Waals surface area contributed by atoms with Gasteiger partial charge in [-0.3, -0.25) is 0 Å². The highest BCUT2D eigenvalue weighted by Gasteiger charge is 2.16. The predicted octanol–water partition coefficient (Wildman–Crippen LogP) is 6.73. The Morgan fingerprint density at radius 2 is 1.54 bits per heavy atom. The van der Waals surface area contributed by atoms with Crippen molar-refractivity contribution >= 4 is 30.5 Å². The van der Waals surface area contributed by atoms with Crippen LogP contribution in [0.2, 0.25) is 0 Å². The summed E-state index contributed by atoms with van der Waals surface area (Å²) in [6, 6.07) is 15.8. The third-order valence-corrected chi connectivity index (χ3v) is 5.50. The van der Waals surface area contributed by atoms with Gasteiger partial charge in [0.2, 0.25) is 0 Å². The highest BCUT2D eigenvalue weighted by Crippen LogP contribution is 2.27. The first-order valence-electron chi connectivity index (χ1n) is 10.0. The zero-order valence-electron chi connectivity index (χ0n) is 16.6. The Balaban J connectivity index is 0.00000196. The van der Waals surface area contributed by atoms with E-state index in [0.29, 0.717) is 18.2 Å². The molecule has 5 heteroatoms. The van der Waals surface area contributed by atoms with Crippen LogP contribution in [0, 0.1) is 11.7 Å². The van der Waals surface area contributed by atoms with Gasteiger partial charge in [0.05, 0.1) is 0 Å². The lowest BCUT2D eigenvalue weighted by molar-refractivity contribution is 0.305. The summed E-state index contributed by atoms with van der Waals surface area (Å²) in [7, 11) is 0. The quantitative estimate of drug-likeness (QED) is 0.488. The molecule has 2 aromatic rings. The summed E-state index contributed by atoms with van der Waals surface area (Å²) in [5, 5.41) is 7.08. The van der Waals surface area contributed by atoms with Gasteiger partial charge in [-0.25, -0.2) is 4.39 Å². The molecule has 0 heterocycles. The van der Waals surface area contributed by atoms with E-state index in [1.807, 2.05) is 18.2 Å². The van der Waals surface area contributed by atoms with Gasteiger partial charge in [0.15, 0.2) is 0 Å². The van der Waals surface area contributed by atoms with Crippen molar-refractivity contribution in [1.29, 1.82) is 0 Å². The van der Waals surface area contributed by atoms with Gasteiger partial charge in [0.25, 0.3) is 0 Å². The summed E-state index contributed by atoms with van der Waals surface area (Å²) in [5.74, 6) is 0.734. The molecule has 2 nitrogen and oxygen atoms in total. The van der Waals surface area contributed by atoms with Gasteiger partial charge in [-0.1, -0.05) is 68.5 Å². The monoisotopic (exact) mass is 426 g/mol. The van der Waals surface area contributed by atoms with Crippen LogP contribution >= 0.6 is 24.8 Å². The van der Waals surface area contributed by atoms with E-state index in [1.54, 1.807) is 6.07 Å². The summed E-state index contributed by atoms with van der Waals surface area (Å²) in [5.41, 5.74) is 3.01. The molecule has 0 saturated heterocycles. The van der Waals surface area contributed by atoms with Crippen LogP contribution in [-0.4, -0.2) is 6.04 Å². The molecular formula is C23H33Cl2FN2. The highest BCUT2D eigenvalue weighted by molar-refractivity contribution is 5.85. The Labute approximate surface area is 181 Å². The Bertz CT molecular complexity index is 690. The molecule has 28 heavy (non-hydrogen) atoms.